The molecule has 0 bridgehead atoms. The minimum atomic E-state index is 0.879. The molecule has 0 atom stereocenters. The molecule has 1 saturated heterocycles. The molecule has 1 aliphatic heterocycles. The van der Waals surface area contributed by atoms with Crippen molar-refractivity contribution in [3.05, 3.63) is 54.1 Å². The Morgan fingerprint density at radius 2 is 1.79 bits per heavy atom. The molecule has 2 aromatic rings. The number of methoxy groups -OCH3 is 1. The van der Waals surface area contributed by atoms with Crippen molar-refractivity contribution in [3.8, 4) is 5.75 Å². The van der Waals surface area contributed by atoms with Crippen molar-refractivity contribution >= 4 is 17.3 Å². The van der Waals surface area contributed by atoms with E-state index in [0.717, 1.165) is 50.9 Å². The monoisotopic (exact) mass is 395 g/mol. The van der Waals surface area contributed by atoms with Crippen LogP contribution < -0.4 is 19.9 Å². The van der Waals surface area contributed by atoms with Crippen molar-refractivity contribution in [2.75, 3.05) is 70.8 Å². The molecule has 1 N–H and O–H groups in total. The zero-order valence-corrected chi connectivity index (χ0v) is 18.1. The van der Waals surface area contributed by atoms with Gasteiger partial charge in [-0.2, -0.15) is 0 Å². The largest absolute Gasteiger partial charge is 0.497 e. The lowest BCUT2D eigenvalue weighted by molar-refractivity contribution is 0.372. The fourth-order valence-corrected chi connectivity index (χ4v) is 3.60. The second-order valence-corrected chi connectivity index (χ2v) is 7.46. The number of hydrogen-bond donors (Lipinski definition) is 1. The van der Waals surface area contributed by atoms with E-state index in [0.29, 0.717) is 0 Å². The van der Waals surface area contributed by atoms with Gasteiger partial charge < -0.3 is 24.8 Å². The Bertz CT molecular complexity index is 795. The van der Waals surface area contributed by atoms with Crippen molar-refractivity contribution in [1.29, 1.82) is 0 Å². The number of anilines is 2. The van der Waals surface area contributed by atoms with Crippen LogP contribution in [0.4, 0.5) is 11.4 Å². The molecule has 0 spiro atoms. The van der Waals surface area contributed by atoms with Gasteiger partial charge in [-0.25, -0.2) is 0 Å². The highest BCUT2D eigenvalue weighted by molar-refractivity contribution is 5.80. The Morgan fingerprint density at radius 3 is 2.41 bits per heavy atom. The normalized spacial score (nSPS) is 14.7. The van der Waals surface area contributed by atoms with Crippen LogP contribution in [0.2, 0.25) is 0 Å². The molecule has 0 amide bonds. The van der Waals surface area contributed by atoms with Gasteiger partial charge in [-0.1, -0.05) is 18.2 Å². The summed E-state index contributed by atoms with van der Waals surface area (Å²) < 4.78 is 5.35. The van der Waals surface area contributed by atoms with Gasteiger partial charge in [-0.3, -0.25) is 4.99 Å². The highest BCUT2D eigenvalue weighted by Gasteiger charge is 2.20. The summed E-state index contributed by atoms with van der Waals surface area (Å²) in [6, 6.07) is 17.0. The van der Waals surface area contributed by atoms with E-state index in [1.807, 2.05) is 19.2 Å². The van der Waals surface area contributed by atoms with Gasteiger partial charge in [0.1, 0.15) is 5.75 Å². The molecule has 1 heterocycles. The van der Waals surface area contributed by atoms with Crippen LogP contribution in [0.1, 0.15) is 5.56 Å². The second kappa shape index (κ2) is 10.0. The standard InChI is InChI=1S/C23H33N5O/c1-24-23(25-13-12-19-8-10-20(11-9-19)26(2)3)28-16-14-27(15-17-28)21-6-5-7-22(18-21)29-4/h5-11,18H,12-17H2,1-4H3,(H,24,25). The van der Waals surface area contributed by atoms with Gasteiger partial charge in [0.05, 0.1) is 7.11 Å². The first-order valence-electron chi connectivity index (χ1n) is 10.2. The van der Waals surface area contributed by atoms with Gasteiger partial charge in [0.25, 0.3) is 0 Å². The van der Waals surface area contributed by atoms with E-state index in [-0.39, 0.29) is 0 Å². The number of ether oxygens (including phenoxy) is 1. The molecular weight excluding hydrogens is 362 g/mol. The maximum Gasteiger partial charge on any atom is 0.193 e. The van der Waals surface area contributed by atoms with Crippen LogP contribution >= 0.6 is 0 Å². The minimum absolute atomic E-state index is 0.879. The Morgan fingerprint density at radius 1 is 1.07 bits per heavy atom. The molecule has 6 heteroatoms. The minimum Gasteiger partial charge on any atom is -0.497 e. The number of aliphatic imine (C=N–C) groups is 1. The van der Waals surface area contributed by atoms with E-state index in [1.54, 1.807) is 7.11 Å². The number of nitrogens with zero attached hydrogens (tertiary/aromatic N) is 4. The molecule has 1 aliphatic rings. The fourth-order valence-electron chi connectivity index (χ4n) is 3.60. The fraction of sp³-hybridized carbons (Fsp3) is 0.435. The maximum absolute atomic E-state index is 5.35. The third kappa shape index (κ3) is 5.56. The quantitative estimate of drug-likeness (QED) is 0.602. The molecule has 156 valence electrons. The lowest BCUT2D eigenvalue weighted by Crippen LogP contribution is -2.52. The van der Waals surface area contributed by atoms with Crippen LogP contribution in [0.15, 0.2) is 53.5 Å². The Hall–Kier alpha value is -2.89. The SMILES string of the molecule is CN=C(NCCc1ccc(N(C)C)cc1)N1CCN(c2cccc(OC)c2)CC1. The van der Waals surface area contributed by atoms with E-state index in [1.165, 1.54) is 16.9 Å². The average Bonchev–Trinajstić information content (AvgIpc) is 2.77. The number of guanidine groups is 1. The summed E-state index contributed by atoms with van der Waals surface area (Å²) in [4.78, 5) is 11.4. The lowest BCUT2D eigenvalue weighted by atomic mass is 10.1. The van der Waals surface area contributed by atoms with Crippen LogP contribution in [0.25, 0.3) is 0 Å². The molecule has 0 radical (unpaired) electrons. The van der Waals surface area contributed by atoms with Crippen molar-refractivity contribution < 1.29 is 4.74 Å². The summed E-state index contributed by atoms with van der Waals surface area (Å²) in [6.07, 6.45) is 0.983. The molecule has 0 aliphatic carbocycles. The molecule has 0 unspecified atom stereocenters. The highest BCUT2D eigenvalue weighted by atomic mass is 16.5. The molecule has 6 nitrogen and oxygen atoms in total. The van der Waals surface area contributed by atoms with Gasteiger partial charge in [0.2, 0.25) is 0 Å². The van der Waals surface area contributed by atoms with Gasteiger partial charge in [-0.15, -0.1) is 0 Å². The predicted molar refractivity (Wildman–Crippen MR) is 123 cm³/mol. The zero-order chi connectivity index (χ0) is 20.6. The van der Waals surface area contributed by atoms with Crippen molar-refractivity contribution in [1.82, 2.24) is 10.2 Å². The first kappa shape index (κ1) is 20.8. The number of rotatable bonds is 6. The van der Waals surface area contributed by atoms with Crippen LogP contribution in [-0.4, -0.2) is 71.8 Å². The van der Waals surface area contributed by atoms with Crippen molar-refractivity contribution in [2.24, 2.45) is 4.99 Å². The second-order valence-electron chi connectivity index (χ2n) is 7.46. The molecular formula is C23H33N5O. The molecule has 3 rings (SSSR count). The topological polar surface area (TPSA) is 43.3 Å². The molecule has 2 aromatic carbocycles. The molecule has 1 fully saturated rings. The van der Waals surface area contributed by atoms with Crippen LogP contribution in [0.3, 0.4) is 0 Å². The van der Waals surface area contributed by atoms with Gasteiger partial charge >= 0.3 is 0 Å². The Labute approximate surface area is 174 Å². The van der Waals surface area contributed by atoms with Crippen LogP contribution in [0.5, 0.6) is 5.75 Å². The zero-order valence-electron chi connectivity index (χ0n) is 18.1. The first-order valence-corrected chi connectivity index (χ1v) is 10.2. The lowest BCUT2D eigenvalue weighted by Gasteiger charge is -2.37. The van der Waals surface area contributed by atoms with Gasteiger partial charge in [0, 0.05) is 71.3 Å². The number of hydrogen-bond acceptors (Lipinski definition) is 4. The Balaban J connectivity index is 1.47. The third-order valence-electron chi connectivity index (χ3n) is 5.36. The predicted octanol–water partition coefficient (Wildman–Crippen LogP) is 2.70. The smallest absolute Gasteiger partial charge is 0.193 e. The number of benzene rings is 2. The maximum atomic E-state index is 5.35. The third-order valence-corrected chi connectivity index (χ3v) is 5.36. The average molecular weight is 396 g/mol. The van der Waals surface area contributed by atoms with E-state index in [2.05, 4.69) is 75.5 Å². The van der Waals surface area contributed by atoms with E-state index >= 15 is 0 Å². The summed E-state index contributed by atoms with van der Waals surface area (Å²) >= 11 is 0. The van der Waals surface area contributed by atoms with Crippen molar-refractivity contribution in [2.45, 2.75) is 6.42 Å². The molecule has 0 saturated carbocycles. The summed E-state index contributed by atoms with van der Waals surface area (Å²) in [5.41, 5.74) is 3.78. The summed E-state index contributed by atoms with van der Waals surface area (Å²) in [5.74, 6) is 1.89. The Kier molecular flexibility index (Phi) is 7.22. The van der Waals surface area contributed by atoms with Gasteiger partial charge in [0.15, 0.2) is 5.96 Å². The van der Waals surface area contributed by atoms with E-state index in [4.69, 9.17) is 4.74 Å². The summed E-state index contributed by atoms with van der Waals surface area (Å²) in [6.45, 7) is 4.73. The number of nitrogens with one attached hydrogen (secondary N) is 1. The molecule has 29 heavy (non-hydrogen) atoms. The summed E-state index contributed by atoms with van der Waals surface area (Å²) in [7, 11) is 7.70. The van der Waals surface area contributed by atoms with Gasteiger partial charge in [-0.05, 0) is 36.2 Å². The highest BCUT2D eigenvalue weighted by Crippen LogP contribution is 2.22. The van der Waals surface area contributed by atoms with Crippen LogP contribution in [-0.2, 0) is 6.42 Å². The molecule has 0 aromatic heterocycles. The first-order chi connectivity index (χ1) is 14.1. The summed E-state index contributed by atoms with van der Waals surface area (Å²) in [5, 5.41) is 3.52. The van der Waals surface area contributed by atoms with E-state index < -0.39 is 0 Å². The van der Waals surface area contributed by atoms with Crippen molar-refractivity contribution in [3.63, 3.8) is 0 Å². The van der Waals surface area contributed by atoms with E-state index in [9.17, 15) is 0 Å². The number of piperazine rings is 1. The van der Waals surface area contributed by atoms with Crippen LogP contribution in [0, 0.1) is 0 Å².